The van der Waals surface area contributed by atoms with Crippen LogP contribution >= 0.6 is 11.8 Å². The summed E-state index contributed by atoms with van der Waals surface area (Å²) in [6.45, 7) is 5.56. The molecule has 1 rings (SSSR count). The van der Waals surface area contributed by atoms with Gasteiger partial charge in [0.15, 0.2) is 0 Å². The van der Waals surface area contributed by atoms with Crippen molar-refractivity contribution in [3.63, 3.8) is 0 Å². The lowest BCUT2D eigenvalue weighted by Gasteiger charge is -2.06. The zero-order chi connectivity index (χ0) is 11.6. The molecule has 0 saturated carbocycles. The fourth-order valence-electron chi connectivity index (χ4n) is 1.69. The molecule has 0 bridgehead atoms. The second kappa shape index (κ2) is 8.68. The van der Waals surface area contributed by atoms with Crippen molar-refractivity contribution in [1.29, 1.82) is 0 Å². The summed E-state index contributed by atoms with van der Waals surface area (Å²) in [5.74, 6) is 3.87. The number of imidazole rings is 1. The average Bonchev–Trinajstić information content (AvgIpc) is 2.75. The van der Waals surface area contributed by atoms with Crippen molar-refractivity contribution >= 4 is 11.8 Å². The molecule has 92 valence electrons. The Balaban J connectivity index is 2.03. The minimum Gasteiger partial charge on any atom is -0.335 e. The normalized spacial score (nSPS) is 10.9. The first-order valence-corrected chi connectivity index (χ1v) is 7.61. The van der Waals surface area contributed by atoms with Gasteiger partial charge in [0.25, 0.3) is 0 Å². The maximum Gasteiger partial charge on any atom is 0.108 e. The van der Waals surface area contributed by atoms with E-state index >= 15 is 0 Å². The van der Waals surface area contributed by atoms with Crippen LogP contribution in [-0.2, 0) is 13.0 Å². The van der Waals surface area contributed by atoms with E-state index in [1.807, 2.05) is 6.20 Å². The SMILES string of the molecule is CCCCSCCCCn1ccnc1CC. The molecule has 0 radical (unpaired) electrons. The van der Waals surface area contributed by atoms with E-state index in [1.165, 1.54) is 43.0 Å². The van der Waals surface area contributed by atoms with Crippen LogP contribution in [0, 0.1) is 0 Å². The van der Waals surface area contributed by atoms with Crippen LogP contribution in [0.5, 0.6) is 0 Å². The molecule has 0 amide bonds. The summed E-state index contributed by atoms with van der Waals surface area (Å²) < 4.78 is 2.29. The van der Waals surface area contributed by atoms with Crippen LogP contribution in [0.25, 0.3) is 0 Å². The first kappa shape index (κ1) is 13.6. The molecular formula is C13H24N2S. The van der Waals surface area contributed by atoms with Gasteiger partial charge in [-0.05, 0) is 30.8 Å². The number of unbranched alkanes of at least 4 members (excludes halogenated alkanes) is 2. The highest BCUT2D eigenvalue weighted by Crippen LogP contribution is 2.09. The van der Waals surface area contributed by atoms with E-state index in [-0.39, 0.29) is 0 Å². The molecule has 0 aliphatic carbocycles. The van der Waals surface area contributed by atoms with Gasteiger partial charge in [-0.3, -0.25) is 0 Å². The summed E-state index contributed by atoms with van der Waals surface area (Å²) in [6, 6.07) is 0. The molecule has 0 saturated heterocycles. The lowest BCUT2D eigenvalue weighted by Crippen LogP contribution is -2.02. The van der Waals surface area contributed by atoms with Gasteiger partial charge < -0.3 is 4.57 Å². The Bertz CT molecular complexity index is 271. The first-order chi connectivity index (χ1) is 7.88. The number of rotatable bonds is 9. The fourth-order valence-corrected chi connectivity index (χ4v) is 2.80. The Hall–Kier alpha value is -0.440. The van der Waals surface area contributed by atoms with E-state index in [9.17, 15) is 0 Å². The van der Waals surface area contributed by atoms with Crippen molar-refractivity contribution in [2.24, 2.45) is 0 Å². The Labute approximate surface area is 104 Å². The lowest BCUT2D eigenvalue weighted by atomic mass is 10.3. The van der Waals surface area contributed by atoms with Crippen molar-refractivity contribution in [3.8, 4) is 0 Å². The molecule has 0 N–H and O–H groups in total. The molecular weight excluding hydrogens is 216 g/mol. The quantitative estimate of drug-likeness (QED) is 0.612. The molecule has 0 fully saturated rings. The van der Waals surface area contributed by atoms with Gasteiger partial charge >= 0.3 is 0 Å². The summed E-state index contributed by atoms with van der Waals surface area (Å²) in [5, 5.41) is 0. The van der Waals surface area contributed by atoms with E-state index in [1.54, 1.807) is 0 Å². The Morgan fingerprint density at radius 2 is 2.00 bits per heavy atom. The maximum atomic E-state index is 4.33. The highest BCUT2D eigenvalue weighted by molar-refractivity contribution is 7.99. The van der Waals surface area contributed by atoms with Crippen molar-refractivity contribution in [2.45, 2.75) is 52.5 Å². The number of thioether (sulfide) groups is 1. The van der Waals surface area contributed by atoms with Crippen LogP contribution in [-0.4, -0.2) is 21.1 Å². The lowest BCUT2D eigenvalue weighted by molar-refractivity contribution is 0.608. The molecule has 0 aliphatic rings. The zero-order valence-corrected chi connectivity index (χ0v) is 11.4. The van der Waals surface area contributed by atoms with Gasteiger partial charge in [-0.15, -0.1) is 0 Å². The molecule has 1 aromatic heterocycles. The van der Waals surface area contributed by atoms with Gasteiger partial charge in [0, 0.05) is 25.4 Å². The largest absolute Gasteiger partial charge is 0.335 e. The van der Waals surface area contributed by atoms with E-state index in [0.717, 1.165) is 13.0 Å². The van der Waals surface area contributed by atoms with Gasteiger partial charge in [0.2, 0.25) is 0 Å². The number of nitrogens with zero attached hydrogens (tertiary/aromatic N) is 2. The predicted molar refractivity (Wildman–Crippen MR) is 73.1 cm³/mol. The average molecular weight is 240 g/mol. The van der Waals surface area contributed by atoms with Gasteiger partial charge in [-0.25, -0.2) is 4.98 Å². The molecule has 2 nitrogen and oxygen atoms in total. The number of aromatic nitrogens is 2. The van der Waals surface area contributed by atoms with Crippen LogP contribution in [0.2, 0.25) is 0 Å². The van der Waals surface area contributed by atoms with Crippen molar-refractivity contribution in [1.82, 2.24) is 9.55 Å². The van der Waals surface area contributed by atoms with Crippen molar-refractivity contribution in [3.05, 3.63) is 18.2 Å². The summed E-state index contributed by atoms with van der Waals surface area (Å²) in [4.78, 5) is 4.33. The van der Waals surface area contributed by atoms with E-state index in [4.69, 9.17) is 0 Å². The molecule has 0 atom stereocenters. The van der Waals surface area contributed by atoms with E-state index in [0.29, 0.717) is 0 Å². The van der Waals surface area contributed by atoms with Gasteiger partial charge in [-0.2, -0.15) is 11.8 Å². The molecule has 1 aromatic rings. The Kier molecular flexibility index (Phi) is 7.39. The Morgan fingerprint density at radius 1 is 1.19 bits per heavy atom. The first-order valence-electron chi connectivity index (χ1n) is 6.46. The maximum absolute atomic E-state index is 4.33. The third kappa shape index (κ3) is 5.06. The van der Waals surface area contributed by atoms with E-state index in [2.05, 4.69) is 41.4 Å². The second-order valence-electron chi connectivity index (χ2n) is 4.06. The fraction of sp³-hybridized carbons (Fsp3) is 0.769. The molecule has 0 spiro atoms. The van der Waals surface area contributed by atoms with Gasteiger partial charge in [-0.1, -0.05) is 20.3 Å². The van der Waals surface area contributed by atoms with Crippen molar-refractivity contribution in [2.75, 3.05) is 11.5 Å². The molecule has 1 heterocycles. The summed E-state index contributed by atoms with van der Waals surface area (Å²) in [6.07, 6.45) is 10.3. The minimum absolute atomic E-state index is 1.04. The summed E-state index contributed by atoms with van der Waals surface area (Å²) in [7, 11) is 0. The van der Waals surface area contributed by atoms with Crippen LogP contribution in [0.1, 0.15) is 45.4 Å². The molecule has 16 heavy (non-hydrogen) atoms. The number of hydrogen-bond donors (Lipinski definition) is 0. The Morgan fingerprint density at radius 3 is 2.75 bits per heavy atom. The standard InChI is InChI=1S/C13H24N2S/c1-3-5-11-16-12-7-6-9-15-10-8-14-13(15)4-2/h8,10H,3-7,9,11-12H2,1-2H3. The van der Waals surface area contributed by atoms with E-state index < -0.39 is 0 Å². The number of aryl methyl sites for hydroxylation is 2. The molecule has 0 aliphatic heterocycles. The molecule has 0 aromatic carbocycles. The van der Waals surface area contributed by atoms with Crippen LogP contribution in [0.15, 0.2) is 12.4 Å². The van der Waals surface area contributed by atoms with Crippen LogP contribution in [0.3, 0.4) is 0 Å². The van der Waals surface area contributed by atoms with Crippen LogP contribution < -0.4 is 0 Å². The summed E-state index contributed by atoms with van der Waals surface area (Å²) in [5.41, 5.74) is 0. The third-order valence-electron chi connectivity index (χ3n) is 2.70. The monoisotopic (exact) mass is 240 g/mol. The number of hydrogen-bond acceptors (Lipinski definition) is 2. The smallest absolute Gasteiger partial charge is 0.108 e. The topological polar surface area (TPSA) is 17.8 Å². The van der Waals surface area contributed by atoms with Crippen LogP contribution in [0.4, 0.5) is 0 Å². The second-order valence-corrected chi connectivity index (χ2v) is 5.29. The summed E-state index contributed by atoms with van der Waals surface area (Å²) >= 11 is 2.10. The van der Waals surface area contributed by atoms with Gasteiger partial charge in [0.05, 0.1) is 0 Å². The molecule has 3 heteroatoms. The van der Waals surface area contributed by atoms with Crippen molar-refractivity contribution < 1.29 is 0 Å². The highest BCUT2D eigenvalue weighted by Gasteiger charge is 1.99. The van der Waals surface area contributed by atoms with Gasteiger partial charge in [0.1, 0.15) is 5.82 Å². The predicted octanol–water partition coefficient (Wildman–Crippen LogP) is 3.76. The zero-order valence-electron chi connectivity index (χ0n) is 10.6. The highest BCUT2D eigenvalue weighted by atomic mass is 32.2. The molecule has 0 unspecified atom stereocenters. The minimum atomic E-state index is 1.04. The third-order valence-corrected chi connectivity index (χ3v) is 3.85.